The van der Waals surface area contributed by atoms with Crippen molar-refractivity contribution in [2.45, 2.75) is 13.3 Å². The number of nitrogens with one attached hydrogen (secondary N) is 3. The van der Waals surface area contributed by atoms with Crippen LogP contribution in [0.1, 0.15) is 12.5 Å². The van der Waals surface area contributed by atoms with Crippen molar-refractivity contribution in [2.24, 2.45) is 11.8 Å². The number of hydrogen-bond donors (Lipinski definition) is 3. The molecule has 1 atom stereocenters. The summed E-state index contributed by atoms with van der Waals surface area (Å²) < 4.78 is 13.6. The first-order chi connectivity index (χ1) is 12.5. The Kier molecular flexibility index (Phi) is 5.63. The number of para-hydroxylation sites is 1. The molecule has 6 heteroatoms. The van der Waals surface area contributed by atoms with Crippen LogP contribution in [0.2, 0.25) is 0 Å². The van der Waals surface area contributed by atoms with Gasteiger partial charge in [0.05, 0.1) is 12.1 Å². The second kappa shape index (κ2) is 8.10. The van der Waals surface area contributed by atoms with Gasteiger partial charge in [0.25, 0.3) is 0 Å². The Hall–Kier alpha value is -2.73. The standard InChI is InChI=1S/C20H22FN3O2/c1-13(15-11-22-12-15)20(26)23-16-8-6-14(7-9-16)10-19(25)24-18-5-3-2-4-17(18)21/h2-9,13,15,22H,10-12H2,1H3,(H,23,26)(H,24,25). The van der Waals surface area contributed by atoms with E-state index in [0.717, 1.165) is 18.7 Å². The lowest BCUT2D eigenvalue weighted by atomic mass is 9.88. The quantitative estimate of drug-likeness (QED) is 0.746. The molecule has 1 aliphatic rings. The highest BCUT2D eigenvalue weighted by Gasteiger charge is 2.28. The highest BCUT2D eigenvalue weighted by Crippen LogP contribution is 2.19. The number of hydrogen-bond acceptors (Lipinski definition) is 3. The highest BCUT2D eigenvalue weighted by molar-refractivity contribution is 5.93. The van der Waals surface area contributed by atoms with Crippen LogP contribution in [0, 0.1) is 17.7 Å². The van der Waals surface area contributed by atoms with Crippen LogP contribution in [-0.2, 0) is 16.0 Å². The molecule has 0 aliphatic carbocycles. The van der Waals surface area contributed by atoms with Gasteiger partial charge in [-0.2, -0.15) is 0 Å². The average molecular weight is 355 g/mol. The Morgan fingerprint density at radius 3 is 2.42 bits per heavy atom. The van der Waals surface area contributed by atoms with Crippen molar-refractivity contribution in [3.8, 4) is 0 Å². The lowest BCUT2D eigenvalue weighted by Gasteiger charge is -2.31. The first-order valence-electron chi connectivity index (χ1n) is 8.68. The van der Waals surface area contributed by atoms with E-state index in [2.05, 4.69) is 16.0 Å². The normalized spacial score (nSPS) is 15.0. The molecule has 0 bridgehead atoms. The van der Waals surface area contributed by atoms with Crippen LogP contribution >= 0.6 is 0 Å². The maximum absolute atomic E-state index is 13.6. The molecule has 1 heterocycles. The first-order valence-corrected chi connectivity index (χ1v) is 8.68. The van der Waals surface area contributed by atoms with E-state index in [9.17, 15) is 14.0 Å². The number of benzene rings is 2. The van der Waals surface area contributed by atoms with E-state index >= 15 is 0 Å². The predicted molar refractivity (Wildman–Crippen MR) is 99.3 cm³/mol. The molecule has 2 aromatic rings. The third-order valence-corrected chi connectivity index (χ3v) is 4.67. The smallest absolute Gasteiger partial charge is 0.228 e. The summed E-state index contributed by atoms with van der Waals surface area (Å²) in [5.41, 5.74) is 1.65. The second-order valence-electron chi connectivity index (χ2n) is 6.60. The van der Waals surface area contributed by atoms with Gasteiger partial charge in [-0.15, -0.1) is 0 Å². The van der Waals surface area contributed by atoms with E-state index in [0.29, 0.717) is 11.6 Å². The summed E-state index contributed by atoms with van der Waals surface area (Å²) >= 11 is 0. The topological polar surface area (TPSA) is 70.2 Å². The molecule has 1 saturated heterocycles. The van der Waals surface area contributed by atoms with Crippen LogP contribution in [0.15, 0.2) is 48.5 Å². The summed E-state index contributed by atoms with van der Waals surface area (Å²) in [6, 6.07) is 13.2. The lowest BCUT2D eigenvalue weighted by molar-refractivity contribution is -0.121. The fourth-order valence-electron chi connectivity index (χ4n) is 2.78. The van der Waals surface area contributed by atoms with E-state index in [1.54, 1.807) is 36.4 Å². The van der Waals surface area contributed by atoms with Crippen molar-refractivity contribution in [3.63, 3.8) is 0 Å². The van der Waals surface area contributed by atoms with Gasteiger partial charge in [0.15, 0.2) is 0 Å². The maximum Gasteiger partial charge on any atom is 0.228 e. The van der Waals surface area contributed by atoms with Crippen molar-refractivity contribution in [2.75, 3.05) is 23.7 Å². The maximum atomic E-state index is 13.6. The van der Waals surface area contributed by atoms with Crippen molar-refractivity contribution < 1.29 is 14.0 Å². The molecule has 0 radical (unpaired) electrons. The summed E-state index contributed by atoms with van der Waals surface area (Å²) in [7, 11) is 0. The minimum Gasteiger partial charge on any atom is -0.326 e. The Morgan fingerprint density at radius 2 is 1.81 bits per heavy atom. The largest absolute Gasteiger partial charge is 0.326 e. The monoisotopic (exact) mass is 355 g/mol. The van der Waals surface area contributed by atoms with Crippen molar-refractivity contribution in [3.05, 3.63) is 59.9 Å². The molecule has 26 heavy (non-hydrogen) atoms. The lowest BCUT2D eigenvalue weighted by Crippen LogP contribution is -2.48. The summed E-state index contributed by atoms with van der Waals surface area (Å²) in [4.78, 5) is 24.3. The number of carbonyl (C=O) groups is 2. The zero-order valence-corrected chi connectivity index (χ0v) is 14.6. The van der Waals surface area contributed by atoms with Crippen LogP contribution < -0.4 is 16.0 Å². The fourth-order valence-corrected chi connectivity index (χ4v) is 2.78. The molecule has 136 valence electrons. The van der Waals surface area contributed by atoms with Gasteiger partial charge in [0.1, 0.15) is 5.82 Å². The molecule has 2 amide bonds. The van der Waals surface area contributed by atoms with Gasteiger partial charge < -0.3 is 16.0 Å². The van der Waals surface area contributed by atoms with Crippen LogP contribution in [-0.4, -0.2) is 24.9 Å². The van der Waals surface area contributed by atoms with Gasteiger partial charge in [0, 0.05) is 11.6 Å². The molecular formula is C20H22FN3O2. The van der Waals surface area contributed by atoms with Gasteiger partial charge in [-0.3, -0.25) is 9.59 Å². The molecule has 0 saturated carbocycles. The molecule has 1 aliphatic heterocycles. The fraction of sp³-hybridized carbons (Fsp3) is 0.300. The summed E-state index contributed by atoms with van der Waals surface area (Å²) in [5.74, 6) is -0.409. The molecule has 3 N–H and O–H groups in total. The van der Waals surface area contributed by atoms with Crippen molar-refractivity contribution in [1.82, 2.24) is 5.32 Å². The molecule has 0 spiro atoms. The molecule has 1 unspecified atom stereocenters. The third-order valence-electron chi connectivity index (χ3n) is 4.67. The Morgan fingerprint density at radius 1 is 1.12 bits per heavy atom. The van der Waals surface area contributed by atoms with Crippen LogP contribution in [0.3, 0.4) is 0 Å². The Bertz CT molecular complexity index is 788. The number of halogens is 1. The number of carbonyl (C=O) groups excluding carboxylic acids is 2. The van der Waals surface area contributed by atoms with Crippen LogP contribution in [0.25, 0.3) is 0 Å². The Labute approximate surface area is 152 Å². The second-order valence-corrected chi connectivity index (χ2v) is 6.60. The van der Waals surface area contributed by atoms with Crippen LogP contribution in [0.4, 0.5) is 15.8 Å². The van der Waals surface area contributed by atoms with Gasteiger partial charge in [0.2, 0.25) is 11.8 Å². The van der Waals surface area contributed by atoms with Gasteiger partial charge >= 0.3 is 0 Å². The zero-order valence-electron chi connectivity index (χ0n) is 14.6. The minimum atomic E-state index is -0.463. The minimum absolute atomic E-state index is 0.00143. The summed E-state index contributed by atoms with van der Waals surface area (Å²) in [6.45, 7) is 3.69. The third kappa shape index (κ3) is 4.46. The summed E-state index contributed by atoms with van der Waals surface area (Å²) in [5, 5.41) is 8.62. The number of anilines is 2. The molecule has 3 rings (SSSR count). The van der Waals surface area contributed by atoms with Crippen LogP contribution in [0.5, 0.6) is 0 Å². The number of rotatable bonds is 6. The molecule has 0 aromatic heterocycles. The van der Waals surface area contributed by atoms with Crippen molar-refractivity contribution >= 4 is 23.2 Å². The van der Waals surface area contributed by atoms with E-state index in [1.807, 2.05) is 6.92 Å². The zero-order chi connectivity index (χ0) is 18.5. The molecular weight excluding hydrogens is 333 g/mol. The van der Waals surface area contributed by atoms with Gasteiger partial charge in [-0.1, -0.05) is 31.2 Å². The van der Waals surface area contributed by atoms with E-state index in [1.165, 1.54) is 12.1 Å². The number of amides is 2. The van der Waals surface area contributed by atoms with E-state index in [-0.39, 0.29) is 29.8 Å². The predicted octanol–water partition coefficient (Wildman–Crippen LogP) is 2.80. The van der Waals surface area contributed by atoms with E-state index in [4.69, 9.17) is 0 Å². The SMILES string of the molecule is CC(C(=O)Nc1ccc(CC(=O)Nc2ccccc2F)cc1)C1CNC1. The first kappa shape index (κ1) is 18.1. The van der Waals surface area contributed by atoms with Crippen molar-refractivity contribution in [1.29, 1.82) is 0 Å². The Balaban J connectivity index is 1.53. The van der Waals surface area contributed by atoms with Gasteiger partial charge in [-0.25, -0.2) is 4.39 Å². The molecule has 1 fully saturated rings. The van der Waals surface area contributed by atoms with E-state index < -0.39 is 5.82 Å². The molecule has 2 aromatic carbocycles. The summed E-state index contributed by atoms with van der Waals surface area (Å²) in [6.07, 6.45) is 0.132. The average Bonchev–Trinajstić information content (AvgIpc) is 2.57. The van der Waals surface area contributed by atoms with Gasteiger partial charge in [-0.05, 0) is 48.8 Å². The molecule has 5 nitrogen and oxygen atoms in total. The highest BCUT2D eigenvalue weighted by atomic mass is 19.1.